The van der Waals surface area contributed by atoms with Crippen LogP contribution >= 0.6 is 11.8 Å². The van der Waals surface area contributed by atoms with Crippen LogP contribution < -0.4 is 5.56 Å². The number of halogens is 1. The van der Waals surface area contributed by atoms with Crippen molar-refractivity contribution in [3.05, 3.63) is 64.7 Å². The molecule has 25 heavy (non-hydrogen) atoms. The standard InChI is InChI=1S/C16H11FN6OS/c17-12-7-3-1-5-10(12)14-18-16(21-20-14)25-9-23-15(24)11-6-2-4-8-13(11)19-22-23/h1-8H,9H2,(H,18,20,21). The van der Waals surface area contributed by atoms with Crippen LogP contribution in [0.15, 0.2) is 58.5 Å². The van der Waals surface area contributed by atoms with Crippen molar-refractivity contribution in [3.63, 3.8) is 0 Å². The van der Waals surface area contributed by atoms with Gasteiger partial charge in [0.05, 0.1) is 16.8 Å². The number of H-pyrrole nitrogens is 1. The van der Waals surface area contributed by atoms with E-state index in [0.717, 1.165) is 0 Å². The van der Waals surface area contributed by atoms with E-state index in [0.29, 0.717) is 27.4 Å². The zero-order valence-electron chi connectivity index (χ0n) is 12.8. The van der Waals surface area contributed by atoms with Gasteiger partial charge in [-0.2, -0.15) is 4.68 Å². The Hall–Kier alpha value is -3.07. The van der Waals surface area contributed by atoms with E-state index in [1.807, 2.05) is 0 Å². The van der Waals surface area contributed by atoms with Gasteiger partial charge in [0, 0.05) is 0 Å². The minimum atomic E-state index is -0.383. The van der Waals surface area contributed by atoms with E-state index in [9.17, 15) is 9.18 Å². The highest BCUT2D eigenvalue weighted by molar-refractivity contribution is 7.98. The van der Waals surface area contributed by atoms with Crippen LogP contribution in [0.4, 0.5) is 4.39 Å². The third-order valence-corrected chi connectivity index (χ3v) is 4.35. The van der Waals surface area contributed by atoms with Crippen LogP contribution in [0.25, 0.3) is 22.3 Å². The molecule has 0 radical (unpaired) electrons. The molecule has 7 nitrogen and oxygen atoms in total. The lowest BCUT2D eigenvalue weighted by molar-refractivity contribution is 0.630. The molecule has 124 valence electrons. The normalized spacial score (nSPS) is 11.1. The Balaban J connectivity index is 1.56. The van der Waals surface area contributed by atoms with Gasteiger partial charge in [-0.25, -0.2) is 9.37 Å². The van der Waals surface area contributed by atoms with Crippen molar-refractivity contribution < 1.29 is 4.39 Å². The summed E-state index contributed by atoms with van der Waals surface area (Å²) in [5.74, 6) is 0.148. The van der Waals surface area contributed by atoms with E-state index in [1.54, 1.807) is 42.5 Å². The average Bonchev–Trinajstić information content (AvgIpc) is 3.10. The van der Waals surface area contributed by atoms with Crippen LogP contribution in [-0.2, 0) is 5.88 Å². The Kier molecular flexibility index (Phi) is 3.98. The highest BCUT2D eigenvalue weighted by Gasteiger charge is 2.11. The maximum Gasteiger partial charge on any atom is 0.278 e. The van der Waals surface area contributed by atoms with E-state index in [1.165, 1.54) is 22.5 Å². The molecule has 0 bridgehead atoms. The van der Waals surface area contributed by atoms with Gasteiger partial charge in [-0.1, -0.05) is 41.2 Å². The average molecular weight is 354 g/mol. The Morgan fingerprint density at radius 2 is 1.92 bits per heavy atom. The van der Waals surface area contributed by atoms with Crippen LogP contribution in [0.3, 0.4) is 0 Å². The summed E-state index contributed by atoms with van der Waals surface area (Å²) in [4.78, 5) is 16.6. The number of hydrogen-bond acceptors (Lipinski definition) is 6. The molecule has 9 heteroatoms. The molecule has 0 atom stereocenters. The van der Waals surface area contributed by atoms with Crippen molar-refractivity contribution in [1.29, 1.82) is 0 Å². The van der Waals surface area contributed by atoms with E-state index in [4.69, 9.17) is 0 Å². The molecule has 0 aliphatic carbocycles. The second-order valence-corrected chi connectivity index (χ2v) is 6.04. The number of benzene rings is 2. The van der Waals surface area contributed by atoms with Crippen molar-refractivity contribution in [3.8, 4) is 11.4 Å². The highest BCUT2D eigenvalue weighted by atomic mass is 32.2. The van der Waals surface area contributed by atoms with Crippen molar-refractivity contribution in [1.82, 2.24) is 30.2 Å². The number of aromatic amines is 1. The van der Waals surface area contributed by atoms with Crippen molar-refractivity contribution in [2.45, 2.75) is 11.0 Å². The number of hydrogen-bond donors (Lipinski definition) is 1. The lowest BCUT2D eigenvalue weighted by Gasteiger charge is -2.02. The van der Waals surface area contributed by atoms with Gasteiger partial charge in [0.1, 0.15) is 11.3 Å². The summed E-state index contributed by atoms with van der Waals surface area (Å²) in [6, 6.07) is 13.3. The smallest absolute Gasteiger partial charge is 0.267 e. The fourth-order valence-corrected chi connectivity index (χ4v) is 2.98. The third-order valence-electron chi connectivity index (χ3n) is 3.54. The summed E-state index contributed by atoms with van der Waals surface area (Å²) in [5.41, 5.74) is 0.654. The summed E-state index contributed by atoms with van der Waals surface area (Å²) < 4.78 is 15.0. The topological polar surface area (TPSA) is 89.4 Å². The summed E-state index contributed by atoms with van der Waals surface area (Å²) in [6.45, 7) is 0. The predicted molar refractivity (Wildman–Crippen MR) is 91.4 cm³/mol. The Labute approximate surface area is 144 Å². The molecule has 0 fully saturated rings. The second-order valence-electron chi connectivity index (χ2n) is 5.13. The molecule has 4 rings (SSSR count). The second kappa shape index (κ2) is 6.44. The highest BCUT2D eigenvalue weighted by Crippen LogP contribution is 2.22. The van der Waals surface area contributed by atoms with Crippen LogP contribution in [0.1, 0.15) is 0 Å². The molecular formula is C16H11FN6OS. The van der Waals surface area contributed by atoms with Gasteiger partial charge >= 0.3 is 0 Å². The molecule has 0 spiro atoms. The number of aromatic nitrogens is 6. The molecule has 0 amide bonds. The van der Waals surface area contributed by atoms with Gasteiger partial charge in [0.25, 0.3) is 5.56 Å². The molecule has 2 aromatic heterocycles. The first-order valence-electron chi connectivity index (χ1n) is 7.35. The maximum atomic E-state index is 13.8. The third kappa shape index (κ3) is 3.01. The molecule has 2 aromatic carbocycles. The first-order valence-corrected chi connectivity index (χ1v) is 8.33. The minimum Gasteiger partial charge on any atom is -0.267 e. The molecule has 0 saturated carbocycles. The van der Waals surface area contributed by atoms with Gasteiger partial charge < -0.3 is 0 Å². The minimum absolute atomic E-state index is 0.200. The molecule has 0 aliphatic rings. The molecule has 0 unspecified atom stereocenters. The summed E-state index contributed by atoms with van der Waals surface area (Å²) in [7, 11) is 0. The van der Waals surface area contributed by atoms with Gasteiger partial charge in [0.2, 0.25) is 5.16 Å². The Bertz CT molecular complexity index is 1110. The van der Waals surface area contributed by atoms with Crippen LogP contribution in [-0.4, -0.2) is 30.2 Å². The van der Waals surface area contributed by atoms with Crippen LogP contribution in [0.5, 0.6) is 0 Å². The zero-order chi connectivity index (χ0) is 17.2. The fourth-order valence-electron chi connectivity index (χ4n) is 2.31. The number of nitrogens with one attached hydrogen (secondary N) is 1. The van der Waals surface area contributed by atoms with Gasteiger partial charge in [-0.05, 0) is 24.3 Å². The lowest BCUT2D eigenvalue weighted by atomic mass is 10.2. The van der Waals surface area contributed by atoms with Crippen molar-refractivity contribution >= 4 is 22.7 Å². The van der Waals surface area contributed by atoms with Gasteiger partial charge in [-0.3, -0.25) is 9.89 Å². The molecule has 0 aliphatic heterocycles. The van der Waals surface area contributed by atoms with Crippen molar-refractivity contribution in [2.24, 2.45) is 0 Å². The number of fused-ring (bicyclic) bond motifs is 1. The molecule has 0 saturated heterocycles. The lowest BCUT2D eigenvalue weighted by Crippen LogP contribution is -2.23. The zero-order valence-corrected chi connectivity index (χ0v) is 13.6. The molecule has 2 heterocycles. The monoisotopic (exact) mass is 354 g/mol. The summed E-state index contributed by atoms with van der Waals surface area (Å²) in [5, 5.41) is 15.6. The molecule has 4 aromatic rings. The Morgan fingerprint density at radius 1 is 1.12 bits per heavy atom. The molecular weight excluding hydrogens is 343 g/mol. The van der Waals surface area contributed by atoms with Crippen molar-refractivity contribution in [2.75, 3.05) is 0 Å². The quantitative estimate of drug-likeness (QED) is 0.566. The van der Waals surface area contributed by atoms with Crippen LogP contribution in [0.2, 0.25) is 0 Å². The van der Waals surface area contributed by atoms with E-state index in [-0.39, 0.29) is 17.3 Å². The predicted octanol–water partition coefficient (Wildman–Crippen LogP) is 2.47. The number of thioether (sulfide) groups is 1. The molecule has 1 N–H and O–H groups in total. The number of nitrogens with zero attached hydrogens (tertiary/aromatic N) is 5. The largest absolute Gasteiger partial charge is 0.278 e. The summed E-state index contributed by atoms with van der Waals surface area (Å²) >= 11 is 1.20. The first kappa shape index (κ1) is 15.5. The van der Waals surface area contributed by atoms with E-state index < -0.39 is 0 Å². The maximum absolute atomic E-state index is 13.8. The van der Waals surface area contributed by atoms with E-state index in [2.05, 4.69) is 25.5 Å². The first-order chi connectivity index (χ1) is 12.2. The SMILES string of the molecule is O=c1c2ccccc2nnn1CSc1n[nH]c(-c2ccccc2F)n1. The summed E-state index contributed by atoms with van der Waals surface area (Å²) in [6.07, 6.45) is 0. The van der Waals surface area contributed by atoms with Crippen LogP contribution in [0, 0.1) is 5.82 Å². The fraction of sp³-hybridized carbons (Fsp3) is 0.0625. The van der Waals surface area contributed by atoms with E-state index >= 15 is 0 Å². The van der Waals surface area contributed by atoms with Gasteiger partial charge in [0.15, 0.2) is 5.82 Å². The number of rotatable bonds is 4. The Morgan fingerprint density at radius 3 is 2.80 bits per heavy atom. The van der Waals surface area contributed by atoms with Gasteiger partial charge in [-0.15, -0.1) is 10.2 Å².